The summed E-state index contributed by atoms with van der Waals surface area (Å²) in [5, 5.41) is 13.9. The number of likely N-dealkylation sites (tertiary alicyclic amines) is 1. The molecule has 1 atom stereocenters. The highest BCUT2D eigenvalue weighted by atomic mass is 32.2. The molecule has 2 N–H and O–H groups in total. The maximum atomic E-state index is 13.3. The van der Waals surface area contributed by atoms with E-state index in [9.17, 15) is 18.3 Å². The molecule has 1 unspecified atom stereocenters. The lowest BCUT2D eigenvalue weighted by molar-refractivity contribution is -0.123. The Morgan fingerprint density at radius 2 is 1.87 bits per heavy atom. The highest BCUT2D eigenvalue weighted by Crippen LogP contribution is 2.50. The number of benzene rings is 2. The highest BCUT2D eigenvalue weighted by Gasteiger charge is 2.51. The van der Waals surface area contributed by atoms with Gasteiger partial charge in [0.25, 0.3) is 0 Å². The molecule has 3 heterocycles. The number of aromatic nitrogens is 1. The topological polar surface area (TPSA) is 118 Å². The van der Waals surface area contributed by atoms with Crippen LogP contribution in [-0.4, -0.2) is 61.6 Å². The van der Waals surface area contributed by atoms with Crippen molar-refractivity contribution in [2.45, 2.75) is 54.7 Å². The third-order valence-electron chi connectivity index (χ3n) is 7.84. The highest BCUT2D eigenvalue weighted by molar-refractivity contribution is 7.90. The van der Waals surface area contributed by atoms with Gasteiger partial charge in [-0.05, 0) is 61.1 Å². The second-order valence-electron chi connectivity index (χ2n) is 10.5. The van der Waals surface area contributed by atoms with Gasteiger partial charge in [-0.25, -0.2) is 13.4 Å². The number of ether oxygens (including phenoxy) is 2. The Hall–Kier alpha value is -2.99. The number of hydrogen-bond acceptors (Lipinski definition) is 9. The van der Waals surface area contributed by atoms with E-state index in [2.05, 4.69) is 15.2 Å². The van der Waals surface area contributed by atoms with E-state index in [1.165, 1.54) is 6.26 Å². The molecule has 2 aromatic carbocycles. The Morgan fingerprint density at radius 3 is 2.56 bits per heavy atom. The standard InChI is InChI=1S/C28H31N3O6S2/c1-39(34,35)21-5-2-18(3-6-21)26(31-12-8-20(32)9-13-31)24-15-29-25(38-24)16-30-27(33)28(10-11-28)19-4-7-22-23(14-19)37-17-36-22/h2-7,14-15,20,26,32H,8-13,16-17H2,1H3,(H,30,33). The molecule has 0 radical (unpaired) electrons. The van der Waals surface area contributed by atoms with Crippen molar-refractivity contribution >= 4 is 27.1 Å². The number of nitrogens with one attached hydrogen (secondary N) is 1. The van der Waals surface area contributed by atoms with Crippen LogP contribution in [0.1, 0.15) is 52.7 Å². The average Bonchev–Trinajstić information content (AvgIpc) is 3.38. The molecule has 2 fully saturated rings. The first-order valence-corrected chi connectivity index (χ1v) is 15.8. The fourth-order valence-corrected chi connectivity index (χ4v) is 7.07. The number of piperidine rings is 1. The van der Waals surface area contributed by atoms with Gasteiger partial charge in [0.2, 0.25) is 12.7 Å². The van der Waals surface area contributed by atoms with Crippen molar-refractivity contribution in [3.8, 4) is 11.5 Å². The summed E-state index contributed by atoms with van der Waals surface area (Å²) in [6.07, 6.45) is 5.68. The summed E-state index contributed by atoms with van der Waals surface area (Å²) >= 11 is 1.54. The van der Waals surface area contributed by atoms with Gasteiger partial charge in [-0.2, -0.15) is 0 Å². The van der Waals surface area contributed by atoms with E-state index in [-0.39, 0.29) is 29.7 Å². The molecular weight excluding hydrogens is 538 g/mol. The minimum atomic E-state index is -3.29. The van der Waals surface area contributed by atoms with Gasteiger partial charge in [-0.3, -0.25) is 9.69 Å². The molecule has 0 spiro atoms. The predicted molar refractivity (Wildman–Crippen MR) is 146 cm³/mol. The zero-order valence-corrected chi connectivity index (χ0v) is 23.3. The van der Waals surface area contributed by atoms with Gasteiger partial charge in [0, 0.05) is 30.4 Å². The van der Waals surface area contributed by atoms with Gasteiger partial charge in [-0.15, -0.1) is 11.3 Å². The molecule has 1 saturated carbocycles. The lowest BCUT2D eigenvalue weighted by atomic mass is 9.94. The smallest absolute Gasteiger partial charge is 0.231 e. The van der Waals surface area contributed by atoms with Crippen LogP contribution >= 0.6 is 11.3 Å². The fraction of sp³-hybridized carbons (Fsp3) is 0.429. The average molecular weight is 570 g/mol. The SMILES string of the molecule is CS(=O)(=O)c1ccc(C(c2cnc(CNC(=O)C3(c4ccc5c(c4)OCO5)CC3)s2)N2CCC(O)CC2)cc1. The molecule has 6 rings (SSSR count). The normalized spacial score (nSPS) is 19.5. The summed E-state index contributed by atoms with van der Waals surface area (Å²) in [6, 6.07) is 12.6. The Balaban J connectivity index is 1.18. The van der Waals surface area contributed by atoms with Crippen molar-refractivity contribution in [3.63, 3.8) is 0 Å². The lowest BCUT2D eigenvalue weighted by Crippen LogP contribution is -2.38. The first-order valence-electron chi connectivity index (χ1n) is 13.1. The Bertz CT molecular complexity index is 1480. The molecule has 9 nitrogen and oxygen atoms in total. The van der Waals surface area contributed by atoms with Gasteiger partial charge in [0.15, 0.2) is 21.3 Å². The number of carbonyl (C=O) groups is 1. The summed E-state index contributed by atoms with van der Waals surface area (Å²) in [5.41, 5.74) is 1.37. The van der Waals surface area contributed by atoms with Crippen molar-refractivity contribution in [1.82, 2.24) is 15.2 Å². The third-order valence-corrected chi connectivity index (χ3v) is 10.0. The number of aliphatic hydroxyl groups is 1. The Labute approximate surface area is 231 Å². The number of nitrogens with zero attached hydrogens (tertiary/aromatic N) is 2. The van der Waals surface area contributed by atoms with Crippen LogP contribution in [0, 0.1) is 0 Å². The number of thiazole rings is 1. The molecule has 206 valence electrons. The molecule has 2 aliphatic heterocycles. The molecule has 1 aromatic heterocycles. The minimum Gasteiger partial charge on any atom is -0.454 e. The zero-order valence-electron chi connectivity index (χ0n) is 21.6. The number of fused-ring (bicyclic) bond motifs is 1. The molecular formula is C28H31N3O6S2. The van der Waals surface area contributed by atoms with Gasteiger partial charge >= 0.3 is 0 Å². The van der Waals surface area contributed by atoms with E-state index in [0.717, 1.165) is 46.9 Å². The molecule has 1 amide bonds. The number of carbonyl (C=O) groups excluding carboxylic acids is 1. The second-order valence-corrected chi connectivity index (χ2v) is 13.7. The maximum absolute atomic E-state index is 13.3. The minimum absolute atomic E-state index is 0.0175. The summed E-state index contributed by atoms with van der Waals surface area (Å²) in [5.74, 6) is 1.36. The molecule has 11 heteroatoms. The van der Waals surface area contributed by atoms with E-state index in [0.29, 0.717) is 30.9 Å². The van der Waals surface area contributed by atoms with Crippen LogP contribution in [-0.2, 0) is 26.6 Å². The van der Waals surface area contributed by atoms with Crippen LogP contribution in [0.15, 0.2) is 53.6 Å². The van der Waals surface area contributed by atoms with E-state index in [1.807, 2.05) is 36.5 Å². The van der Waals surface area contributed by atoms with Crippen LogP contribution in [0.3, 0.4) is 0 Å². The van der Waals surface area contributed by atoms with Crippen molar-refractivity contribution in [2.24, 2.45) is 0 Å². The second kappa shape index (κ2) is 10.2. The first-order chi connectivity index (χ1) is 18.7. The molecule has 0 bridgehead atoms. The van der Waals surface area contributed by atoms with Gasteiger partial charge in [-0.1, -0.05) is 18.2 Å². The van der Waals surface area contributed by atoms with E-state index < -0.39 is 15.3 Å². The summed E-state index contributed by atoms with van der Waals surface area (Å²) < 4.78 is 34.9. The van der Waals surface area contributed by atoms with E-state index in [4.69, 9.17) is 9.47 Å². The number of rotatable bonds is 8. The Kier molecular flexibility index (Phi) is 6.86. The first kappa shape index (κ1) is 26.2. The van der Waals surface area contributed by atoms with Crippen molar-refractivity contribution < 1.29 is 27.8 Å². The molecule has 1 saturated heterocycles. The van der Waals surface area contributed by atoms with E-state index in [1.54, 1.807) is 23.5 Å². The van der Waals surface area contributed by atoms with Crippen molar-refractivity contribution in [1.29, 1.82) is 0 Å². The molecule has 3 aromatic rings. The van der Waals surface area contributed by atoms with Crippen LogP contribution in [0.25, 0.3) is 0 Å². The Morgan fingerprint density at radius 1 is 1.15 bits per heavy atom. The van der Waals surface area contributed by atoms with Crippen LogP contribution in [0.2, 0.25) is 0 Å². The lowest BCUT2D eigenvalue weighted by Gasteiger charge is -2.36. The van der Waals surface area contributed by atoms with E-state index >= 15 is 0 Å². The summed E-state index contributed by atoms with van der Waals surface area (Å²) in [7, 11) is -3.29. The summed E-state index contributed by atoms with van der Waals surface area (Å²) in [6.45, 7) is 1.98. The van der Waals surface area contributed by atoms with Crippen LogP contribution in [0.5, 0.6) is 11.5 Å². The zero-order chi connectivity index (χ0) is 27.2. The number of amides is 1. The van der Waals surface area contributed by atoms with Crippen LogP contribution in [0.4, 0.5) is 0 Å². The predicted octanol–water partition coefficient (Wildman–Crippen LogP) is 3.17. The van der Waals surface area contributed by atoms with Gasteiger partial charge < -0.3 is 19.9 Å². The van der Waals surface area contributed by atoms with Crippen molar-refractivity contribution in [2.75, 3.05) is 26.1 Å². The number of aliphatic hydroxyl groups excluding tert-OH is 1. The number of sulfone groups is 1. The molecule has 3 aliphatic rings. The summed E-state index contributed by atoms with van der Waals surface area (Å²) in [4.78, 5) is 21.5. The maximum Gasteiger partial charge on any atom is 0.231 e. The molecule has 1 aliphatic carbocycles. The molecule has 39 heavy (non-hydrogen) atoms. The number of hydrogen-bond donors (Lipinski definition) is 2. The van der Waals surface area contributed by atoms with Gasteiger partial charge in [0.1, 0.15) is 5.01 Å². The van der Waals surface area contributed by atoms with Gasteiger partial charge in [0.05, 0.1) is 29.0 Å². The fourth-order valence-electron chi connectivity index (χ4n) is 5.42. The monoisotopic (exact) mass is 569 g/mol. The van der Waals surface area contributed by atoms with Crippen molar-refractivity contribution in [3.05, 3.63) is 69.7 Å². The third kappa shape index (κ3) is 5.28. The quantitative estimate of drug-likeness (QED) is 0.425. The largest absolute Gasteiger partial charge is 0.454 e. The van der Waals surface area contributed by atoms with Crippen LogP contribution < -0.4 is 14.8 Å².